The van der Waals surface area contributed by atoms with Crippen LogP contribution < -0.4 is 10.6 Å². The molecular formula is C18H21ClN2O. The van der Waals surface area contributed by atoms with E-state index >= 15 is 0 Å². The third-order valence-corrected chi connectivity index (χ3v) is 3.59. The summed E-state index contributed by atoms with van der Waals surface area (Å²) in [6.07, 6.45) is 0. The van der Waals surface area contributed by atoms with Crippen molar-refractivity contribution in [1.29, 1.82) is 0 Å². The molecule has 2 N–H and O–H groups in total. The predicted molar refractivity (Wildman–Crippen MR) is 92.5 cm³/mol. The van der Waals surface area contributed by atoms with Crippen LogP contribution in [0.25, 0.3) is 0 Å². The van der Waals surface area contributed by atoms with Crippen LogP contribution in [0.5, 0.6) is 0 Å². The number of hydrogen-bond acceptors (Lipinski definition) is 1. The van der Waals surface area contributed by atoms with Gasteiger partial charge in [-0.2, -0.15) is 0 Å². The molecule has 0 aliphatic carbocycles. The van der Waals surface area contributed by atoms with E-state index in [1.165, 1.54) is 5.56 Å². The topological polar surface area (TPSA) is 41.1 Å². The fraction of sp³-hybridized carbons (Fsp3) is 0.278. The van der Waals surface area contributed by atoms with Gasteiger partial charge in [0.1, 0.15) is 0 Å². The zero-order chi connectivity index (χ0) is 16.2. The number of nitrogens with one attached hydrogen (secondary N) is 2. The molecule has 0 fully saturated rings. The summed E-state index contributed by atoms with van der Waals surface area (Å²) in [6.45, 7) is 6.92. The Labute approximate surface area is 136 Å². The molecule has 0 aromatic heterocycles. The summed E-state index contributed by atoms with van der Waals surface area (Å²) in [5, 5.41) is 6.30. The molecule has 3 nitrogen and oxygen atoms in total. The minimum absolute atomic E-state index is 0.105. The van der Waals surface area contributed by atoms with Crippen LogP contribution >= 0.6 is 11.6 Å². The highest BCUT2D eigenvalue weighted by Crippen LogP contribution is 2.23. The van der Waals surface area contributed by atoms with E-state index in [2.05, 4.69) is 31.4 Å². The van der Waals surface area contributed by atoms with Crippen molar-refractivity contribution in [3.05, 3.63) is 64.7 Å². The van der Waals surface area contributed by atoms with E-state index < -0.39 is 0 Å². The van der Waals surface area contributed by atoms with Crippen LogP contribution in [0.3, 0.4) is 0 Å². The van der Waals surface area contributed by atoms with Crippen LogP contribution in [0.2, 0.25) is 5.02 Å². The molecule has 0 radical (unpaired) electrons. The number of hydrogen-bond donors (Lipinski definition) is 2. The first-order valence-electron chi connectivity index (χ1n) is 7.24. The van der Waals surface area contributed by atoms with Crippen molar-refractivity contribution in [2.45, 2.75) is 32.7 Å². The van der Waals surface area contributed by atoms with Crippen molar-refractivity contribution in [2.75, 3.05) is 5.32 Å². The smallest absolute Gasteiger partial charge is 0.319 e. The molecule has 0 aliphatic rings. The molecule has 0 saturated carbocycles. The molecule has 4 heteroatoms. The van der Waals surface area contributed by atoms with Crippen molar-refractivity contribution in [1.82, 2.24) is 5.32 Å². The number of amides is 2. The Morgan fingerprint density at radius 2 is 1.77 bits per heavy atom. The summed E-state index contributed by atoms with van der Waals surface area (Å²) in [5.74, 6) is 0. The van der Waals surface area contributed by atoms with Gasteiger partial charge in [-0.15, -0.1) is 0 Å². The van der Waals surface area contributed by atoms with E-state index in [9.17, 15) is 4.79 Å². The van der Waals surface area contributed by atoms with Gasteiger partial charge >= 0.3 is 6.03 Å². The second kappa shape index (κ2) is 6.84. The summed E-state index contributed by atoms with van der Waals surface area (Å²) in [7, 11) is 0. The first-order valence-corrected chi connectivity index (χ1v) is 7.62. The fourth-order valence-electron chi connectivity index (χ4n) is 2.06. The zero-order valence-electron chi connectivity index (χ0n) is 13.1. The molecule has 0 aliphatic heterocycles. The molecule has 0 spiro atoms. The van der Waals surface area contributed by atoms with E-state index in [4.69, 9.17) is 11.6 Å². The minimum atomic E-state index is -0.233. The van der Waals surface area contributed by atoms with E-state index in [1.807, 2.05) is 48.5 Å². The Hall–Kier alpha value is -2.00. The van der Waals surface area contributed by atoms with Gasteiger partial charge in [0, 0.05) is 17.3 Å². The summed E-state index contributed by atoms with van der Waals surface area (Å²) >= 11 is 5.91. The number of urea groups is 1. The third kappa shape index (κ3) is 4.78. The van der Waals surface area contributed by atoms with Gasteiger partial charge in [0.05, 0.1) is 0 Å². The Balaban J connectivity index is 1.89. The second-order valence-electron chi connectivity index (χ2n) is 6.26. The number of rotatable bonds is 3. The number of halogens is 1. The second-order valence-corrected chi connectivity index (χ2v) is 6.70. The number of carbonyl (C=O) groups excluding carboxylic acids is 1. The van der Waals surface area contributed by atoms with Crippen molar-refractivity contribution in [2.24, 2.45) is 0 Å². The summed E-state index contributed by atoms with van der Waals surface area (Å²) in [6, 6.07) is 15.1. The van der Waals surface area contributed by atoms with Crippen molar-refractivity contribution >= 4 is 23.3 Å². The zero-order valence-corrected chi connectivity index (χ0v) is 13.9. The summed E-state index contributed by atoms with van der Waals surface area (Å²) in [5.41, 5.74) is 3.08. The molecule has 2 amide bonds. The van der Waals surface area contributed by atoms with Gasteiger partial charge in [-0.25, -0.2) is 4.79 Å². The SMILES string of the molecule is CC(C)(C)c1ccc(NC(=O)NCc2cccc(Cl)c2)cc1. The van der Waals surface area contributed by atoms with Crippen LogP contribution in [0.15, 0.2) is 48.5 Å². The van der Waals surface area contributed by atoms with Crippen LogP contribution in [0.4, 0.5) is 10.5 Å². The quantitative estimate of drug-likeness (QED) is 0.825. The lowest BCUT2D eigenvalue weighted by Crippen LogP contribution is -2.28. The molecule has 0 unspecified atom stereocenters. The molecule has 2 rings (SSSR count). The van der Waals surface area contributed by atoms with Gasteiger partial charge in [-0.3, -0.25) is 0 Å². The van der Waals surface area contributed by atoms with Gasteiger partial charge in [0.15, 0.2) is 0 Å². The molecule has 0 heterocycles. The van der Waals surface area contributed by atoms with Gasteiger partial charge < -0.3 is 10.6 Å². The van der Waals surface area contributed by atoms with Crippen molar-refractivity contribution in [3.8, 4) is 0 Å². The lowest BCUT2D eigenvalue weighted by Gasteiger charge is -2.19. The molecule has 0 atom stereocenters. The van der Waals surface area contributed by atoms with E-state index in [-0.39, 0.29) is 11.4 Å². The highest BCUT2D eigenvalue weighted by Gasteiger charge is 2.13. The van der Waals surface area contributed by atoms with Crippen LogP contribution in [0, 0.1) is 0 Å². The molecule has 2 aromatic rings. The predicted octanol–water partition coefficient (Wildman–Crippen LogP) is 4.96. The van der Waals surface area contributed by atoms with Gasteiger partial charge in [-0.1, -0.05) is 56.6 Å². The highest BCUT2D eigenvalue weighted by atomic mass is 35.5. The van der Waals surface area contributed by atoms with Crippen LogP contribution in [0.1, 0.15) is 31.9 Å². The van der Waals surface area contributed by atoms with Crippen molar-refractivity contribution in [3.63, 3.8) is 0 Å². The molecule has 0 saturated heterocycles. The Kier molecular flexibility index (Phi) is 5.09. The van der Waals surface area contributed by atoms with Gasteiger partial charge in [0.2, 0.25) is 0 Å². The van der Waals surface area contributed by atoms with Crippen LogP contribution in [-0.2, 0) is 12.0 Å². The van der Waals surface area contributed by atoms with E-state index in [0.717, 1.165) is 11.3 Å². The largest absolute Gasteiger partial charge is 0.334 e. The fourth-order valence-corrected chi connectivity index (χ4v) is 2.27. The molecule has 0 bridgehead atoms. The standard InChI is InChI=1S/C18H21ClN2O/c1-18(2,3)14-7-9-16(10-8-14)21-17(22)20-12-13-5-4-6-15(19)11-13/h4-11H,12H2,1-3H3,(H2,20,21,22). The number of carbonyl (C=O) groups is 1. The molecule has 2 aromatic carbocycles. The maximum Gasteiger partial charge on any atom is 0.319 e. The van der Waals surface area contributed by atoms with Gasteiger partial charge in [0.25, 0.3) is 0 Å². The first kappa shape index (κ1) is 16.4. The minimum Gasteiger partial charge on any atom is -0.334 e. The van der Waals surface area contributed by atoms with E-state index in [0.29, 0.717) is 11.6 Å². The maximum absolute atomic E-state index is 11.9. The number of anilines is 1. The average molecular weight is 317 g/mol. The monoisotopic (exact) mass is 316 g/mol. The first-order chi connectivity index (χ1) is 10.3. The molecular weight excluding hydrogens is 296 g/mol. The molecule has 116 valence electrons. The maximum atomic E-state index is 11.9. The molecule has 22 heavy (non-hydrogen) atoms. The highest BCUT2D eigenvalue weighted by molar-refractivity contribution is 6.30. The summed E-state index contributed by atoms with van der Waals surface area (Å²) in [4.78, 5) is 11.9. The van der Waals surface area contributed by atoms with E-state index in [1.54, 1.807) is 0 Å². The van der Waals surface area contributed by atoms with Crippen LogP contribution in [-0.4, -0.2) is 6.03 Å². The van der Waals surface area contributed by atoms with Gasteiger partial charge in [-0.05, 0) is 40.8 Å². The lowest BCUT2D eigenvalue weighted by molar-refractivity contribution is 0.251. The lowest BCUT2D eigenvalue weighted by atomic mass is 9.87. The Morgan fingerprint density at radius 3 is 2.36 bits per heavy atom. The number of benzene rings is 2. The average Bonchev–Trinajstić information content (AvgIpc) is 2.45. The Bertz CT molecular complexity index is 645. The van der Waals surface area contributed by atoms with Crippen molar-refractivity contribution < 1.29 is 4.79 Å². The normalized spacial score (nSPS) is 11.1. The Morgan fingerprint density at radius 1 is 1.09 bits per heavy atom. The summed E-state index contributed by atoms with van der Waals surface area (Å²) < 4.78 is 0. The third-order valence-electron chi connectivity index (χ3n) is 3.35.